The van der Waals surface area contributed by atoms with Crippen molar-refractivity contribution < 1.29 is 4.79 Å². The van der Waals surface area contributed by atoms with Crippen molar-refractivity contribution in [1.82, 2.24) is 14.8 Å². The number of anilines is 1. The summed E-state index contributed by atoms with van der Waals surface area (Å²) in [6.45, 7) is 0.646. The first-order valence-electron chi connectivity index (χ1n) is 10.4. The summed E-state index contributed by atoms with van der Waals surface area (Å²) in [5.74, 6) is 0.198. The smallest absolute Gasteiger partial charge is 0.254 e. The van der Waals surface area contributed by atoms with Gasteiger partial charge in [0.15, 0.2) is 0 Å². The molecule has 2 aromatic carbocycles. The van der Waals surface area contributed by atoms with Gasteiger partial charge in [-0.3, -0.25) is 4.79 Å². The Kier molecular flexibility index (Phi) is 4.67. The van der Waals surface area contributed by atoms with Crippen molar-refractivity contribution >= 4 is 22.6 Å². The number of nitrogens with two attached hydrogens (primary N) is 3. The van der Waals surface area contributed by atoms with Crippen LogP contribution in [-0.2, 0) is 0 Å². The van der Waals surface area contributed by atoms with E-state index in [4.69, 9.17) is 27.3 Å². The molecule has 5 rings (SSSR count). The molecule has 7 heteroatoms. The molecular formula is C24H24N6O. The molecule has 0 radical (unpaired) electrons. The first-order valence-corrected chi connectivity index (χ1v) is 10.4. The molecule has 2 heterocycles. The first-order chi connectivity index (χ1) is 15.0. The Bertz CT molecular complexity index is 1270. The molecule has 0 bridgehead atoms. The molecule has 1 saturated carbocycles. The molecule has 2 aromatic heterocycles. The fourth-order valence-corrected chi connectivity index (χ4v) is 4.30. The van der Waals surface area contributed by atoms with Gasteiger partial charge in [0.25, 0.3) is 5.91 Å². The third-order valence-electron chi connectivity index (χ3n) is 6.12. The molecule has 1 aliphatic rings. The normalized spacial score (nSPS) is 18.1. The molecule has 1 aliphatic carbocycles. The summed E-state index contributed by atoms with van der Waals surface area (Å²) < 4.78 is 1.74. The molecule has 0 saturated heterocycles. The van der Waals surface area contributed by atoms with Gasteiger partial charge in [0, 0.05) is 16.5 Å². The molecule has 1 amide bonds. The molecular weight excluding hydrogens is 388 g/mol. The largest absolute Gasteiger partial charge is 0.383 e. The van der Waals surface area contributed by atoms with Crippen LogP contribution in [0.1, 0.15) is 29.2 Å². The SMILES string of the molecule is NCC1CC(n2nc(-c3ccc4ccc(-c5ccccc5)nc4c3)c(C(N)=O)c2N)C1. The highest BCUT2D eigenvalue weighted by Gasteiger charge is 2.33. The van der Waals surface area contributed by atoms with E-state index in [1.807, 2.05) is 60.7 Å². The predicted molar refractivity (Wildman–Crippen MR) is 122 cm³/mol. The van der Waals surface area contributed by atoms with E-state index in [1.165, 1.54) is 0 Å². The monoisotopic (exact) mass is 412 g/mol. The summed E-state index contributed by atoms with van der Waals surface area (Å²) in [5.41, 5.74) is 22.0. The number of amides is 1. The summed E-state index contributed by atoms with van der Waals surface area (Å²) in [6, 6.07) is 20.0. The van der Waals surface area contributed by atoms with Crippen LogP contribution in [-0.4, -0.2) is 27.2 Å². The number of hydrogen-bond acceptors (Lipinski definition) is 5. The van der Waals surface area contributed by atoms with E-state index in [0.717, 1.165) is 40.6 Å². The van der Waals surface area contributed by atoms with E-state index in [-0.39, 0.29) is 11.6 Å². The lowest BCUT2D eigenvalue weighted by atomic mass is 9.80. The molecule has 0 spiro atoms. The highest BCUT2D eigenvalue weighted by molar-refractivity contribution is 6.04. The van der Waals surface area contributed by atoms with Crippen molar-refractivity contribution in [3.05, 3.63) is 66.2 Å². The van der Waals surface area contributed by atoms with Crippen molar-refractivity contribution in [3.8, 4) is 22.5 Å². The van der Waals surface area contributed by atoms with E-state index in [1.54, 1.807) is 4.68 Å². The Hall–Kier alpha value is -3.71. The third-order valence-corrected chi connectivity index (χ3v) is 6.12. The van der Waals surface area contributed by atoms with Crippen molar-refractivity contribution in [3.63, 3.8) is 0 Å². The van der Waals surface area contributed by atoms with E-state index in [2.05, 4.69) is 0 Å². The van der Waals surface area contributed by atoms with E-state index in [9.17, 15) is 4.79 Å². The van der Waals surface area contributed by atoms with Gasteiger partial charge in [-0.25, -0.2) is 9.67 Å². The zero-order valence-electron chi connectivity index (χ0n) is 17.0. The fourth-order valence-electron chi connectivity index (χ4n) is 4.30. The van der Waals surface area contributed by atoms with Crippen LogP contribution in [0.5, 0.6) is 0 Å². The number of carbonyl (C=O) groups is 1. The molecule has 1 fully saturated rings. The minimum Gasteiger partial charge on any atom is -0.383 e. The van der Waals surface area contributed by atoms with Gasteiger partial charge in [-0.05, 0) is 37.4 Å². The summed E-state index contributed by atoms with van der Waals surface area (Å²) in [7, 11) is 0. The Morgan fingerprint density at radius 2 is 1.77 bits per heavy atom. The second-order valence-corrected chi connectivity index (χ2v) is 8.11. The summed E-state index contributed by atoms with van der Waals surface area (Å²) in [4.78, 5) is 17.1. The maximum atomic E-state index is 12.2. The van der Waals surface area contributed by atoms with Gasteiger partial charge in [0.05, 0.1) is 17.3 Å². The molecule has 31 heavy (non-hydrogen) atoms. The molecule has 7 nitrogen and oxygen atoms in total. The second-order valence-electron chi connectivity index (χ2n) is 8.11. The topological polar surface area (TPSA) is 126 Å². The van der Waals surface area contributed by atoms with Crippen LogP contribution in [0.3, 0.4) is 0 Å². The highest BCUT2D eigenvalue weighted by Crippen LogP contribution is 2.40. The number of primary amides is 1. The standard InChI is InChI=1S/C24H24N6O/c25-13-14-10-18(11-14)30-23(26)21(24(27)31)22(29-30)17-7-6-16-8-9-19(28-20(16)12-17)15-4-2-1-3-5-15/h1-9,12,14,18H,10-11,13,25-26H2,(H2,27,31). The lowest BCUT2D eigenvalue weighted by Crippen LogP contribution is -2.33. The van der Waals surface area contributed by atoms with Crippen LogP contribution in [0.25, 0.3) is 33.4 Å². The van der Waals surface area contributed by atoms with Gasteiger partial charge in [-0.1, -0.05) is 48.5 Å². The maximum absolute atomic E-state index is 12.2. The molecule has 0 aliphatic heterocycles. The first kappa shape index (κ1) is 19.3. The Morgan fingerprint density at radius 3 is 2.48 bits per heavy atom. The van der Waals surface area contributed by atoms with Crippen molar-refractivity contribution in [1.29, 1.82) is 0 Å². The number of hydrogen-bond donors (Lipinski definition) is 3. The quantitative estimate of drug-likeness (QED) is 0.463. The van der Waals surface area contributed by atoms with Crippen LogP contribution in [0, 0.1) is 5.92 Å². The van der Waals surface area contributed by atoms with Gasteiger partial charge < -0.3 is 17.2 Å². The summed E-state index contributed by atoms with van der Waals surface area (Å²) in [6.07, 6.45) is 1.81. The lowest BCUT2D eigenvalue weighted by Gasteiger charge is -2.35. The molecule has 0 unspecified atom stereocenters. The lowest BCUT2D eigenvalue weighted by molar-refractivity contribution is 0.100. The van der Waals surface area contributed by atoms with Crippen molar-refractivity contribution in [2.24, 2.45) is 17.4 Å². The second kappa shape index (κ2) is 7.52. The van der Waals surface area contributed by atoms with Crippen molar-refractivity contribution in [2.45, 2.75) is 18.9 Å². The van der Waals surface area contributed by atoms with Crippen molar-refractivity contribution in [2.75, 3.05) is 12.3 Å². The average Bonchev–Trinajstić information content (AvgIpc) is 3.10. The van der Waals surface area contributed by atoms with Crippen LogP contribution >= 0.6 is 0 Å². The van der Waals surface area contributed by atoms with Crippen LogP contribution in [0.2, 0.25) is 0 Å². The Balaban J connectivity index is 1.59. The minimum atomic E-state index is -0.584. The highest BCUT2D eigenvalue weighted by atomic mass is 16.1. The summed E-state index contributed by atoms with van der Waals surface area (Å²) in [5, 5.41) is 5.70. The van der Waals surface area contributed by atoms with Gasteiger partial charge in [-0.15, -0.1) is 0 Å². The van der Waals surface area contributed by atoms with E-state index in [0.29, 0.717) is 24.0 Å². The van der Waals surface area contributed by atoms with Crippen LogP contribution in [0.4, 0.5) is 5.82 Å². The Labute approximate surface area is 179 Å². The predicted octanol–water partition coefficient (Wildman–Crippen LogP) is 3.36. The summed E-state index contributed by atoms with van der Waals surface area (Å²) >= 11 is 0. The van der Waals surface area contributed by atoms with E-state index >= 15 is 0 Å². The molecule has 0 atom stereocenters. The fraction of sp³-hybridized carbons (Fsp3) is 0.208. The van der Waals surface area contributed by atoms with Crippen LogP contribution in [0.15, 0.2) is 60.7 Å². The van der Waals surface area contributed by atoms with Gasteiger partial charge >= 0.3 is 0 Å². The number of nitrogens with zero attached hydrogens (tertiary/aromatic N) is 3. The van der Waals surface area contributed by atoms with Gasteiger partial charge in [0.1, 0.15) is 17.1 Å². The van der Waals surface area contributed by atoms with Crippen LogP contribution < -0.4 is 17.2 Å². The number of nitrogen functional groups attached to an aromatic ring is 1. The number of pyridine rings is 1. The molecule has 156 valence electrons. The minimum absolute atomic E-state index is 0.142. The number of aromatic nitrogens is 3. The molecule has 4 aromatic rings. The number of carbonyl (C=O) groups excluding carboxylic acids is 1. The number of fused-ring (bicyclic) bond motifs is 1. The Morgan fingerprint density at radius 1 is 1.03 bits per heavy atom. The maximum Gasteiger partial charge on any atom is 0.254 e. The van der Waals surface area contributed by atoms with E-state index < -0.39 is 5.91 Å². The average molecular weight is 412 g/mol. The third kappa shape index (κ3) is 3.33. The van der Waals surface area contributed by atoms with Gasteiger partial charge in [0.2, 0.25) is 0 Å². The zero-order valence-corrected chi connectivity index (χ0v) is 17.0. The van der Waals surface area contributed by atoms with Gasteiger partial charge in [-0.2, -0.15) is 5.10 Å². The molecule has 6 N–H and O–H groups in total. The zero-order chi connectivity index (χ0) is 21.5. The number of rotatable bonds is 5. The number of benzene rings is 2.